The van der Waals surface area contributed by atoms with Crippen LogP contribution in [0.1, 0.15) is 113 Å². The van der Waals surface area contributed by atoms with Crippen molar-refractivity contribution in [3.8, 4) is 0 Å². The van der Waals surface area contributed by atoms with E-state index in [1.54, 1.807) is 22.5 Å². The van der Waals surface area contributed by atoms with E-state index in [0.717, 1.165) is 38.5 Å². The minimum atomic E-state index is -0.925. The molecule has 0 unspecified atom stereocenters. The third-order valence-corrected chi connectivity index (χ3v) is 3.62. The predicted octanol–water partition coefficient (Wildman–Crippen LogP) is 4.06. The third kappa shape index (κ3) is 46.1. The van der Waals surface area contributed by atoms with Gasteiger partial charge in [0.2, 0.25) is 0 Å². The van der Waals surface area contributed by atoms with Crippen molar-refractivity contribution in [2.75, 3.05) is 0 Å². The summed E-state index contributed by atoms with van der Waals surface area (Å²) in [6, 6.07) is 0. The van der Waals surface area contributed by atoms with Crippen LogP contribution in [0.5, 0.6) is 0 Å². The summed E-state index contributed by atoms with van der Waals surface area (Å²) in [5.74, 6) is -1.85. The maximum atomic E-state index is 10.0. The summed E-state index contributed by atoms with van der Waals surface area (Å²) in [4.78, 5) is 20.1. The van der Waals surface area contributed by atoms with Crippen LogP contribution in [0, 0.1) is 10.8 Å². The van der Waals surface area contributed by atoms with Gasteiger partial charge in [0.15, 0.2) is 0 Å². The Labute approximate surface area is 182 Å². The number of hydrogen-bond acceptors (Lipinski definition) is 4. The average molecular weight is 490 g/mol. The van der Waals surface area contributed by atoms with Gasteiger partial charge in [-0.25, -0.2) is 0 Å². The average Bonchev–Trinajstić information content (AvgIpc) is 2.45. The molecule has 27 heavy (non-hydrogen) atoms. The van der Waals surface area contributed by atoms with Crippen molar-refractivity contribution >= 4 is 34.5 Å². The van der Waals surface area contributed by atoms with Gasteiger partial charge in [0.25, 0.3) is 0 Å². The molecule has 0 aromatic carbocycles. The van der Waals surface area contributed by atoms with Gasteiger partial charge in [-0.15, -0.1) is 0 Å². The van der Waals surface area contributed by atoms with Crippen LogP contribution in [-0.2, 0) is 9.59 Å². The fraction of sp³-hybridized carbons (Fsp3) is 0.909. The summed E-state index contributed by atoms with van der Waals surface area (Å²) in [6.45, 7) is 15.4. The first kappa shape index (κ1) is 31.4. The van der Waals surface area contributed by atoms with Crippen LogP contribution in [-0.4, -0.2) is 34.5 Å². The molecular weight excluding hydrogens is 447 g/mol. The first-order valence-electron chi connectivity index (χ1n) is 10.3. The molecule has 0 saturated carbocycles. The second kappa shape index (κ2) is 19.1. The number of carboxylic acids is 2. The van der Waals surface area contributed by atoms with Crippen molar-refractivity contribution < 1.29 is 19.8 Å². The SMILES string of the molecule is CC(C)(C)CCCCCC(=O)[O-].CC(C)(C)CCCCCC(=O)[O-].C[CH2][Sn+2]. The van der Waals surface area contributed by atoms with Crippen LogP contribution >= 0.6 is 0 Å². The topological polar surface area (TPSA) is 80.3 Å². The van der Waals surface area contributed by atoms with Crippen LogP contribution in [0.2, 0.25) is 4.44 Å². The molecule has 0 fully saturated rings. The molecule has 0 aromatic heterocycles. The normalized spacial score (nSPS) is 10.9. The zero-order chi connectivity index (χ0) is 21.9. The van der Waals surface area contributed by atoms with E-state index in [0.29, 0.717) is 10.8 Å². The number of rotatable bonds is 10. The number of hydrogen-bond donors (Lipinski definition) is 0. The Balaban J connectivity index is -0.000000372. The van der Waals surface area contributed by atoms with Crippen molar-refractivity contribution in [1.29, 1.82) is 0 Å². The van der Waals surface area contributed by atoms with Gasteiger partial charge in [-0.05, 0) is 49.4 Å². The number of carbonyl (C=O) groups excluding carboxylic acids is 2. The first-order chi connectivity index (χ1) is 12.2. The van der Waals surface area contributed by atoms with Crippen molar-refractivity contribution in [2.45, 2.75) is 117 Å². The molecule has 0 N–H and O–H groups in total. The molecule has 0 aliphatic rings. The Morgan fingerprint density at radius 2 is 0.926 bits per heavy atom. The van der Waals surface area contributed by atoms with Crippen molar-refractivity contribution in [3.63, 3.8) is 0 Å². The van der Waals surface area contributed by atoms with Crippen LogP contribution in [0.15, 0.2) is 0 Å². The van der Waals surface area contributed by atoms with E-state index in [1.807, 2.05) is 0 Å². The van der Waals surface area contributed by atoms with Gasteiger partial charge in [0.05, 0.1) is 0 Å². The van der Waals surface area contributed by atoms with Gasteiger partial charge in [-0.2, -0.15) is 0 Å². The van der Waals surface area contributed by atoms with E-state index < -0.39 is 11.9 Å². The minimum absolute atomic E-state index is 0.212. The molecule has 0 bridgehead atoms. The van der Waals surface area contributed by atoms with Crippen molar-refractivity contribution in [2.24, 2.45) is 10.8 Å². The fourth-order valence-corrected chi connectivity index (χ4v) is 2.20. The van der Waals surface area contributed by atoms with E-state index >= 15 is 0 Å². The van der Waals surface area contributed by atoms with E-state index in [-0.39, 0.29) is 12.8 Å². The molecule has 4 nitrogen and oxygen atoms in total. The Kier molecular flexibility index (Phi) is 22.2. The molecule has 5 heteroatoms. The molecule has 1 radical (unpaired) electrons. The Hall–Kier alpha value is -0.261. The van der Waals surface area contributed by atoms with E-state index in [1.165, 1.54) is 17.3 Å². The standard InChI is InChI=1S/2C10H20O2.C2H5.Sn/c2*1-10(2,3)8-6-4-5-7-9(11)12;1-2;/h2*4-8H2,1-3H3,(H,11,12);1H2,2H3;/q;;;+2/p-2. The Morgan fingerprint density at radius 1 is 0.667 bits per heavy atom. The van der Waals surface area contributed by atoms with Crippen LogP contribution < -0.4 is 10.2 Å². The molecule has 0 rings (SSSR count). The first-order valence-corrected chi connectivity index (χ1v) is 12.3. The number of carbonyl (C=O) groups is 2. The van der Waals surface area contributed by atoms with Gasteiger partial charge in [-0.1, -0.05) is 67.2 Å². The molecule has 0 saturated heterocycles. The van der Waals surface area contributed by atoms with E-state index in [4.69, 9.17) is 0 Å². The van der Waals surface area contributed by atoms with Crippen LogP contribution in [0.4, 0.5) is 0 Å². The second-order valence-corrected chi connectivity index (χ2v) is 11.4. The summed E-state index contributed by atoms with van der Waals surface area (Å²) >= 11 is 1.64. The Bertz CT molecular complexity index is 320. The van der Waals surface area contributed by atoms with E-state index in [9.17, 15) is 19.8 Å². The summed E-state index contributed by atoms with van der Waals surface area (Å²) in [7, 11) is 0. The fourth-order valence-electron chi connectivity index (χ4n) is 2.20. The maximum absolute atomic E-state index is 10.0. The predicted molar refractivity (Wildman–Crippen MR) is 111 cm³/mol. The monoisotopic (exact) mass is 491 g/mol. The Morgan fingerprint density at radius 3 is 1.11 bits per heavy atom. The van der Waals surface area contributed by atoms with Gasteiger partial charge >= 0.3 is 33.9 Å². The quantitative estimate of drug-likeness (QED) is 0.342. The molecule has 0 aliphatic heterocycles. The number of aliphatic carboxylic acids is 2. The molecule has 0 aromatic rings. The van der Waals surface area contributed by atoms with Gasteiger partial charge in [0.1, 0.15) is 0 Å². The molecule has 159 valence electrons. The van der Waals surface area contributed by atoms with Gasteiger partial charge in [-0.3, -0.25) is 0 Å². The summed E-state index contributed by atoms with van der Waals surface area (Å²) in [5.41, 5.74) is 0.753. The van der Waals surface area contributed by atoms with Crippen LogP contribution in [0.3, 0.4) is 0 Å². The van der Waals surface area contributed by atoms with Gasteiger partial charge in [0, 0.05) is 11.9 Å². The zero-order valence-corrected chi connectivity index (χ0v) is 21.8. The third-order valence-electron chi connectivity index (χ3n) is 3.62. The summed E-state index contributed by atoms with van der Waals surface area (Å²) in [5, 5.41) is 20.1. The summed E-state index contributed by atoms with van der Waals surface area (Å²) < 4.78 is 1.34. The summed E-state index contributed by atoms with van der Waals surface area (Å²) in [6.07, 6.45) is 8.54. The van der Waals surface area contributed by atoms with Gasteiger partial charge < -0.3 is 19.8 Å². The van der Waals surface area contributed by atoms with Crippen molar-refractivity contribution in [1.82, 2.24) is 0 Å². The zero-order valence-electron chi connectivity index (χ0n) is 18.9. The molecule has 0 spiro atoms. The molecule has 0 heterocycles. The number of carboxylic acid groups (broad SMARTS) is 2. The van der Waals surface area contributed by atoms with Crippen LogP contribution in [0.25, 0.3) is 0 Å². The number of unbranched alkanes of at least 4 members (excludes halogenated alkanes) is 4. The van der Waals surface area contributed by atoms with E-state index in [2.05, 4.69) is 48.5 Å². The molecular formula is C22H43O4Sn. The molecule has 0 atom stereocenters. The second-order valence-electron chi connectivity index (χ2n) is 9.34. The molecule has 0 aliphatic carbocycles. The molecule has 0 amide bonds. The van der Waals surface area contributed by atoms with Crippen molar-refractivity contribution in [3.05, 3.63) is 0 Å².